The van der Waals surface area contributed by atoms with Crippen LogP contribution >= 0.6 is 0 Å². The van der Waals surface area contributed by atoms with E-state index in [-0.39, 0.29) is 29.0 Å². The van der Waals surface area contributed by atoms with Gasteiger partial charge in [0.25, 0.3) is 0 Å². The van der Waals surface area contributed by atoms with Crippen LogP contribution in [0.1, 0.15) is 61.8 Å². The van der Waals surface area contributed by atoms with E-state index in [9.17, 15) is 13.2 Å². The van der Waals surface area contributed by atoms with Crippen LogP contribution in [0.4, 0.5) is 0 Å². The number of aryl methyl sites for hydroxylation is 2. The lowest BCUT2D eigenvalue weighted by Crippen LogP contribution is -2.32. The zero-order chi connectivity index (χ0) is 26.1. The quantitative estimate of drug-likeness (QED) is 0.402. The van der Waals surface area contributed by atoms with Crippen LogP contribution in [0.15, 0.2) is 36.8 Å². The molecule has 190 valence electrons. The van der Waals surface area contributed by atoms with Gasteiger partial charge in [-0.3, -0.25) is 9.78 Å². The van der Waals surface area contributed by atoms with Crippen molar-refractivity contribution in [3.05, 3.63) is 65.0 Å². The Morgan fingerprint density at radius 2 is 1.86 bits per heavy atom. The first-order chi connectivity index (χ1) is 17.0. The Labute approximate surface area is 212 Å². The molecule has 0 atom stereocenters. The number of hydrogen-bond donors (Lipinski definition) is 0. The molecular weight excluding hydrogens is 476 g/mol. The molecule has 0 bridgehead atoms. The van der Waals surface area contributed by atoms with Crippen LogP contribution in [-0.2, 0) is 32.2 Å². The minimum atomic E-state index is -3.24. The summed E-state index contributed by atoms with van der Waals surface area (Å²) in [6, 6.07) is 5.73. The molecule has 8 nitrogen and oxygen atoms in total. The van der Waals surface area contributed by atoms with Crippen molar-refractivity contribution in [2.24, 2.45) is 0 Å². The molecular formula is C27H32N4O4S. The van der Waals surface area contributed by atoms with E-state index >= 15 is 0 Å². The standard InChI is InChI=1S/C27H32N4O4S/c1-6-35-26-15-28-14-22(30-26)21-12-17(2)19(11-18(21)3)13-24(32)27(4,5)23-9-10-29-25(31-23)16-36(33,34)20-7-8-20/h9-12,14-15,20H,6-8,13,16H2,1-5H3. The van der Waals surface area contributed by atoms with E-state index in [2.05, 4.69) is 19.9 Å². The second-order valence-corrected chi connectivity index (χ2v) is 12.1. The summed E-state index contributed by atoms with van der Waals surface area (Å²) in [4.78, 5) is 30.9. The molecule has 0 spiro atoms. The van der Waals surface area contributed by atoms with Crippen molar-refractivity contribution < 1.29 is 17.9 Å². The smallest absolute Gasteiger partial charge is 0.232 e. The molecule has 0 aliphatic heterocycles. The van der Waals surface area contributed by atoms with E-state index in [0.717, 1.165) is 27.9 Å². The molecule has 0 amide bonds. The maximum atomic E-state index is 13.5. The van der Waals surface area contributed by atoms with Crippen LogP contribution in [-0.4, -0.2) is 46.0 Å². The number of carbonyl (C=O) groups excluding carboxylic acids is 1. The van der Waals surface area contributed by atoms with Crippen molar-refractivity contribution in [1.29, 1.82) is 0 Å². The van der Waals surface area contributed by atoms with Gasteiger partial charge < -0.3 is 4.74 Å². The summed E-state index contributed by atoms with van der Waals surface area (Å²) in [5, 5.41) is -0.277. The Kier molecular flexibility index (Phi) is 7.22. The maximum absolute atomic E-state index is 13.5. The predicted molar refractivity (Wildman–Crippen MR) is 138 cm³/mol. The van der Waals surface area contributed by atoms with E-state index in [4.69, 9.17) is 4.74 Å². The third kappa shape index (κ3) is 5.61. The molecule has 0 radical (unpaired) electrons. The highest BCUT2D eigenvalue weighted by Gasteiger charge is 2.37. The van der Waals surface area contributed by atoms with E-state index in [0.29, 0.717) is 31.0 Å². The number of ketones is 1. The third-order valence-corrected chi connectivity index (χ3v) is 8.77. The SMILES string of the molecule is CCOc1cncc(-c2cc(C)c(CC(=O)C(C)(C)c3ccnc(CS(=O)(=O)C4CC4)n3)cc2C)n1. The lowest BCUT2D eigenvalue weighted by atomic mass is 9.80. The van der Waals surface area contributed by atoms with Gasteiger partial charge in [-0.15, -0.1) is 0 Å². The van der Waals surface area contributed by atoms with Gasteiger partial charge in [0, 0.05) is 18.2 Å². The summed E-state index contributed by atoms with van der Waals surface area (Å²) < 4.78 is 30.3. The molecule has 1 saturated carbocycles. The third-order valence-electron chi connectivity index (χ3n) is 6.62. The molecule has 0 unspecified atom stereocenters. The summed E-state index contributed by atoms with van der Waals surface area (Å²) in [5.41, 5.74) is 4.16. The number of aromatic nitrogens is 4. The normalized spacial score (nSPS) is 14.0. The van der Waals surface area contributed by atoms with Gasteiger partial charge in [0.1, 0.15) is 17.4 Å². The van der Waals surface area contributed by atoms with Crippen molar-refractivity contribution in [1.82, 2.24) is 19.9 Å². The van der Waals surface area contributed by atoms with Crippen LogP contribution in [0.25, 0.3) is 11.3 Å². The van der Waals surface area contributed by atoms with E-state index in [1.807, 2.05) is 46.8 Å². The Morgan fingerprint density at radius 1 is 1.11 bits per heavy atom. The minimum absolute atomic E-state index is 0.00872. The fourth-order valence-corrected chi connectivity index (χ4v) is 5.71. The van der Waals surface area contributed by atoms with Crippen molar-refractivity contribution in [2.75, 3.05) is 6.61 Å². The largest absolute Gasteiger partial charge is 0.477 e. The zero-order valence-electron chi connectivity index (χ0n) is 21.4. The molecule has 0 N–H and O–H groups in total. The van der Waals surface area contributed by atoms with Crippen molar-refractivity contribution in [3.8, 4) is 17.1 Å². The number of benzene rings is 1. The summed E-state index contributed by atoms with van der Waals surface area (Å²) in [6.07, 6.45) is 6.46. The molecule has 1 fully saturated rings. The summed E-state index contributed by atoms with van der Waals surface area (Å²) >= 11 is 0. The number of hydrogen-bond acceptors (Lipinski definition) is 8. The Morgan fingerprint density at radius 3 is 2.56 bits per heavy atom. The maximum Gasteiger partial charge on any atom is 0.232 e. The Balaban J connectivity index is 1.55. The number of ether oxygens (including phenoxy) is 1. The molecule has 2 heterocycles. The number of Topliss-reactive ketones (excluding diaryl/α,β-unsaturated/α-hetero) is 1. The molecule has 1 aliphatic rings. The molecule has 0 saturated heterocycles. The van der Waals surface area contributed by atoms with Gasteiger partial charge in [0.05, 0.1) is 41.1 Å². The lowest BCUT2D eigenvalue weighted by Gasteiger charge is -2.24. The van der Waals surface area contributed by atoms with Crippen LogP contribution in [0.5, 0.6) is 5.88 Å². The van der Waals surface area contributed by atoms with Crippen LogP contribution in [0, 0.1) is 13.8 Å². The number of carbonyl (C=O) groups is 1. The Bertz CT molecular complexity index is 1400. The molecule has 36 heavy (non-hydrogen) atoms. The van der Waals surface area contributed by atoms with Gasteiger partial charge in [0.2, 0.25) is 5.88 Å². The van der Waals surface area contributed by atoms with Gasteiger partial charge >= 0.3 is 0 Å². The molecule has 4 rings (SSSR count). The van der Waals surface area contributed by atoms with Crippen LogP contribution in [0.3, 0.4) is 0 Å². The van der Waals surface area contributed by atoms with Gasteiger partial charge in [-0.2, -0.15) is 0 Å². The molecule has 2 aromatic heterocycles. The second kappa shape index (κ2) is 10.0. The highest BCUT2D eigenvalue weighted by Crippen LogP contribution is 2.32. The summed E-state index contributed by atoms with van der Waals surface area (Å²) in [5.74, 6) is 0.517. The first-order valence-electron chi connectivity index (χ1n) is 12.1. The lowest BCUT2D eigenvalue weighted by molar-refractivity contribution is -0.123. The number of nitrogens with zero attached hydrogens (tertiary/aromatic N) is 4. The minimum Gasteiger partial charge on any atom is -0.477 e. The number of sulfone groups is 1. The number of rotatable bonds is 10. The topological polar surface area (TPSA) is 112 Å². The fourth-order valence-electron chi connectivity index (χ4n) is 4.12. The first kappa shape index (κ1) is 25.9. The van der Waals surface area contributed by atoms with Gasteiger partial charge in [-0.05, 0) is 76.3 Å². The second-order valence-electron chi connectivity index (χ2n) is 9.86. The average molecular weight is 509 g/mol. The predicted octanol–water partition coefficient (Wildman–Crippen LogP) is 4.12. The van der Waals surface area contributed by atoms with Gasteiger partial charge in [-0.1, -0.05) is 6.07 Å². The van der Waals surface area contributed by atoms with Crippen LogP contribution < -0.4 is 4.74 Å². The fraction of sp³-hybridized carbons (Fsp3) is 0.444. The molecule has 3 aromatic rings. The van der Waals surface area contributed by atoms with E-state index in [1.165, 1.54) is 6.20 Å². The van der Waals surface area contributed by atoms with E-state index in [1.54, 1.807) is 18.5 Å². The molecule has 9 heteroatoms. The monoisotopic (exact) mass is 508 g/mol. The summed E-state index contributed by atoms with van der Waals surface area (Å²) in [7, 11) is -3.24. The van der Waals surface area contributed by atoms with E-state index < -0.39 is 15.3 Å². The van der Waals surface area contributed by atoms with Crippen molar-refractivity contribution in [2.45, 2.75) is 70.3 Å². The molecule has 1 aliphatic carbocycles. The highest BCUT2D eigenvalue weighted by atomic mass is 32.2. The Hall–Kier alpha value is -3.20. The van der Waals surface area contributed by atoms with Gasteiger partial charge in [-0.25, -0.2) is 23.4 Å². The van der Waals surface area contributed by atoms with Crippen LogP contribution in [0.2, 0.25) is 0 Å². The first-order valence-corrected chi connectivity index (χ1v) is 13.9. The van der Waals surface area contributed by atoms with Crippen molar-refractivity contribution in [3.63, 3.8) is 0 Å². The average Bonchev–Trinajstić information content (AvgIpc) is 3.68. The summed E-state index contributed by atoms with van der Waals surface area (Å²) in [6.45, 7) is 10.0. The zero-order valence-corrected chi connectivity index (χ0v) is 22.2. The highest BCUT2D eigenvalue weighted by molar-refractivity contribution is 7.91. The van der Waals surface area contributed by atoms with Crippen molar-refractivity contribution >= 4 is 15.6 Å². The molecule has 1 aromatic carbocycles. The van der Waals surface area contributed by atoms with Gasteiger partial charge in [0.15, 0.2) is 9.84 Å².